The Hall–Kier alpha value is -3.11. The fraction of sp³-hybridized carbons (Fsp3) is 0.567. The predicted molar refractivity (Wildman–Crippen MR) is 161 cm³/mol. The minimum atomic E-state index is -1.23. The second kappa shape index (κ2) is 13.5. The summed E-state index contributed by atoms with van der Waals surface area (Å²) in [6.45, 7) is 5.71. The van der Waals surface area contributed by atoms with Gasteiger partial charge >= 0.3 is 0 Å². The summed E-state index contributed by atoms with van der Waals surface area (Å²) >= 11 is 12.4. The van der Waals surface area contributed by atoms with Gasteiger partial charge in [-0.05, 0) is 64.2 Å². The molecule has 1 saturated carbocycles. The molecule has 1 aliphatic heterocycles. The average molecular weight is 621 g/mol. The highest BCUT2D eigenvalue weighted by molar-refractivity contribution is 6.39. The number of aromatic nitrogens is 1. The van der Waals surface area contributed by atoms with Gasteiger partial charge in [0.15, 0.2) is 0 Å². The Morgan fingerprint density at radius 2 is 1.67 bits per heavy atom. The highest BCUT2D eigenvalue weighted by Gasteiger charge is 2.37. The maximum absolute atomic E-state index is 13.8. The molecule has 0 bridgehead atoms. The van der Waals surface area contributed by atoms with Crippen molar-refractivity contribution in [1.29, 1.82) is 0 Å². The van der Waals surface area contributed by atoms with E-state index in [4.69, 9.17) is 23.2 Å². The quantitative estimate of drug-likeness (QED) is 0.254. The van der Waals surface area contributed by atoms with Crippen LogP contribution in [0, 0.1) is 11.8 Å². The van der Waals surface area contributed by atoms with Crippen molar-refractivity contribution >= 4 is 63.5 Å². The van der Waals surface area contributed by atoms with Gasteiger partial charge in [0, 0.05) is 33.9 Å². The summed E-state index contributed by atoms with van der Waals surface area (Å²) in [5.74, 6) is -3.29. The second-order valence-corrected chi connectivity index (χ2v) is 13.3. The monoisotopic (exact) mass is 619 g/mol. The maximum atomic E-state index is 13.8. The first kappa shape index (κ1) is 31.8. The van der Waals surface area contributed by atoms with Crippen LogP contribution in [0.4, 0.5) is 0 Å². The fourth-order valence-electron chi connectivity index (χ4n) is 5.73. The van der Waals surface area contributed by atoms with E-state index in [9.17, 15) is 24.0 Å². The summed E-state index contributed by atoms with van der Waals surface area (Å²) in [4.78, 5) is 68.6. The average Bonchev–Trinajstić information content (AvgIpc) is 3.53. The Labute approximate surface area is 255 Å². The number of carbonyl (C=O) groups is 5. The van der Waals surface area contributed by atoms with Gasteiger partial charge in [0.05, 0.1) is 11.1 Å². The van der Waals surface area contributed by atoms with Crippen molar-refractivity contribution in [2.45, 2.75) is 89.8 Å². The number of benzene rings is 1. The number of hydrogen-bond donors (Lipinski definition) is 5. The van der Waals surface area contributed by atoms with Crippen LogP contribution < -0.4 is 21.3 Å². The molecule has 2 fully saturated rings. The molecule has 4 amide bonds. The molecule has 2 aromatic rings. The number of Topliss-reactive ketones (excluding diaryl/α,β-unsaturated/α-hetero) is 1. The minimum Gasteiger partial charge on any atom is -0.356 e. The SMILES string of the molecule is CC(C)(C)NC(=O)C(=O)C(C[C@@H]1CCNC1=O)NC(=O)[C@H](CC1CCCCC1)NC(=O)c1cc2c(Cl)cc(Cl)cc2[nH]1. The lowest BCUT2D eigenvalue weighted by atomic mass is 9.84. The molecule has 1 unspecified atom stereocenters. The zero-order valence-corrected chi connectivity index (χ0v) is 25.7. The molecule has 228 valence electrons. The van der Waals surface area contributed by atoms with Gasteiger partial charge in [-0.1, -0.05) is 55.3 Å². The van der Waals surface area contributed by atoms with Crippen LogP contribution in [0.2, 0.25) is 10.0 Å². The van der Waals surface area contributed by atoms with Crippen LogP contribution in [0.15, 0.2) is 18.2 Å². The number of aromatic amines is 1. The largest absolute Gasteiger partial charge is 0.356 e. The standard InChI is InChI=1S/C30H39Cl2N5O5/c1-30(2,3)37-29(42)25(38)22(12-17-9-10-33-26(17)39)35-27(40)23(11-16-7-5-4-6-8-16)36-28(41)24-15-19-20(32)13-18(31)14-21(19)34-24/h13-17,22-23,34H,4-12H2,1-3H3,(H,33,39)(H,35,40)(H,36,41)(H,37,42)/t17-,22?,23-/m0/s1. The molecule has 3 atom stereocenters. The second-order valence-electron chi connectivity index (χ2n) is 12.4. The van der Waals surface area contributed by atoms with Crippen LogP contribution in [-0.4, -0.2) is 58.6 Å². The normalized spacial score (nSPS) is 19.2. The Morgan fingerprint density at radius 3 is 2.31 bits per heavy atom. The van der Waals surface area contributed by atoms with E-state index >= 15 is 0 Å². The van der Waals surface area contributed by atoms with Gasteiger partial charge in [-0.15, -0.1) is 0 Å². The van der Waals surface area contributed by atoms with Crippen molar-refractivity contribution in [3.63, 3.8) is 0 Å². The van der Waals surface area contributed by atoms with E-state index in [0.29, 0.717) is 40.3 Å². The van der Waals surface area contributed by atoms with Crippen molar-refractivity contribution in [1.82, 2.24) is 26.3 Å². The molecule has 12 heteroatoms. The third kappa shape index (κ3) is 8.25. The number of H-pyrrole nitrogens is 1. The third-order valence-corrected chi connectivity index (χ3v) is 8.37. The highest BCUT2D eigenvalue weighted by atomic mass is 35.5. The molecule has 2 aliphatic rings. The maximum Gasteiger partial charge on any atom is 0.290 e. The Balaban J connectivity index is 1.56. The Kier molecular flexibility index (Phi) is 10.2. The number of amides is 4. The van der Waals surface area contributed by atoms with Crippen LogP contribution in [0.25, 0.3) is 10.9 Å². The van der Waals surface area contributed by atoms with Gasteiger partial charge in [-0.2, -0.15) is 0 Å². The summed E-state index contributed by atoms with van der Waals surface area (Å²) in [6, 6.07) is 2.64. The molecule has 1 aliphatic carbocycles. The van der Waals surface area contributed by atoms with E-state index in [1.54, 1.807) is 39.0 Å². The molecule has 2 heterocycles. The smallest absolute Gasteiger partial charge is 0.290 e. The summed E-state index contributed by atoms with van der Waals surface area (Å²) in [6.07, 6.45) is 5.92. The minimum absolute atomic E-state index is 0.0145. The lowest BCUT2D eigenvalue weighted by molar-refractivity contribution is -0.141. The van der Waals surface area contributed by atoms with Crippen LogP contribution in [0.5, 0.6) is 0 Å². The molecule has 0 radical (unpaired) electrons. The molecule has 1 aromatic heterocycles. The molecule has 5 N–H and O–H groups in total. The third-order valence-electron chi connectivity index (χ3n) is 7.84. The fourth-order valence-corrected chi connectivity index (χ4v) is 6.27. The van der Waals surface area contributed by atoms with Gasteiger partial charge in [0.2, 0.25) is 17.6 Å². The zero-order valence-electron chi connectivity index (χ0n) is 24.2. The molecule has 42 heavy (non-hydrogen) atoms. The predicted octanol–water partition coefficient (Wildman–Crippen LogP) is 4.04. The van der Waals surface area contributed by atoms with Gasteiger partial charge in [0.25, 0.3) is 11.8 Å². The molecule has 0 spiro atoms. The molecule has 4 rings (SSSR count). The van der Waals surface area contributed by atoms with Crippen LogP contribution >= 0.6 is 23.2 Å². The number of fused-ring (bicyclic) bond motifs is 1. The number of ketones is 1. The first-order chi connectivity index (χ1) is 19.8. The van der Waals surface area contributed by atoms with E-state index in [-0.39, 0.29) is 23.9 Å². The molecule has 10 nitrogen and oxygen atoms in total. The van der Waals surface area contributed by atoms with Gasteiger partial charge in [0.1, 0.15) is 11.7 Å². The summed E-state index contributed by atoms with van der Waals surface area (Å²) < 4.78 is 0. The summed E-state index contributed by atoms with van der Waals surface area (Å²) in [5, 5.41) is 12.4. The van der Waals surface area contributed by atoms with E-state index in [2.05, 4.69) is 26.3 Å². The first-order valence-corrected chi connectivity index (χ1v) is 15.3. The number of halogens is 2. The molecule has 1 saturated heterocycles. The van der Waals surface area contributed by atoms with Crippen molar-refractivity contribution in [2.24, 2.45) is 11.8 Å². The molecular weight excluding hydrogens is 581 g/mol. The number of carbonyl (C=O) groups excluding carboxylic acids is 5. The van der Waals surface area contributed by atoms with Crippen molar-refractivity contribution in [3.05, 3.63) is 33.9 Å². The highest BCUT2D eigenvalue weighted by Crippen LogP contribution is 2.30. The van der Waals surface area contributed by atoms with Crippen LogP contribution in [0.3, 0.4) is 0 Å². The lowest BCUT2D eigenvalue weighted by Gasteiger charge is -2.28. The van der Waals surface area contributed by atoms with Crippen molar-refractivity contribution in [3.8, 4) is 0 Å². The first-order valence-electron chi connectivity index (χ1n) is 14.5. The Bertz CT molecular complexity index is 1360. The van der Waals surface area contributed by atoms with E-state index in [0.717, 1.165) is 32.1 Å². The van der Waals surface area contributed by atoms with Crippen LogP contribution in [-0.2, 0) is 19.2 Å². The lowest BCUT2D eigenvalue weighted by Crippen LogP contribution is -2.56. The van der Waals surface area contributed by atoms with Gasteiger partial charge < -0.3 is 26.3 Å². The topological polar surface area (TPSA) is 149 Å². The van der Waals surface area contributed by atoms with E-state index < -0.39 is 47.0 Å². The number of rotatable bonds is 10. The number of hydrogen-bond acceptors (Lipinski definition) is 5. The van der Waals surface area contributed by atoms with E-state index in [1.807, 2.05) is 0 Å². The van der Waals surface area contributed by atoms with Crippen molar-refractivity contribution < 1.29 is 24.0 Å². The van der Waals surface area contributed by atoms with Crippen LogP contribution in [0.1, 0.15) is 82.6 Å². The number of nitrogens with one attached hydrogen (secondary N) is 5. The van der Waals surface area contributed by atoms with Gasteiger partial charge in [-0.3, -0.25) is 24.0 Å². The Morgan fingerprint density at radius 1 is 0.952 bits per heavy atom. The van der Waals surface area contributed by atoms with Crippen molar-refractivity contribution in [2.75, 3.05) is 6.54 Å². The van der Waals surface area contributed by atoms with E-state index in [1.165, 1.54) is 0 Å². The molecular formula is C30H39Cl2N5O5. The molecule has 1 aromatic carbocycles. The van der Waals surface area contributed by atoms with Gasteiger partial charge in [-0.25, -0.2) is 0 Å². The summed E-state index contributed by atoms with van der Waals surface area (Å²) in [5.41, 5.74) is 0.114. The summed E-state index contributed by atoms with van der Waals surface area (Å²) in [7, 11) is 0. The zero-order chi connectivity index (χ0) is 30.6.